The SMILES string of the molecule is CC(C)n1ncc2c(C(=O)NCCC(=O)Nc3cccnc3)cc(-c3cccs3)nc21. The van der Waals surface area contributed by atoms with Gasteiger partial charge in [-0.2, -0.15) is 5.10 Å². The number of pyridine rings is 2. The molecule has 4 rings (SSSR count). The van der Waals surface area contributed by atoms with Crippen molar-refractivity contribution in [3.63, 3.8) is 0 Å². The number of amides is 2. The lowest BCUT2D eigenvalue weighted by atomic mass is 10.1. The maximum atomic E-state index is 13.0. The fourth-order valence-electron chi connectivity index (χ4n) is 3.18. The zero-order chi connectivity index (χ0) is 21.8. The van der Waals surface area contributed by atoms with Crippen LogP contribution in [0.4, 0.5) is 5.69 Å². The molecule has 0 atom stereocenters. The molecule has 0 saturated heterocycles. The van der Waals surface area contributed by atoms with Gasteiger partial charge in [0, 0.05) is 25.2 Å². The third-order valence-corrected chi connectivity index (χ3v) is 5.55. The molecule has 2 N–H and O–H groups in total. The van der Waals surface area contributed by atoms with Gasteiger partial charge in [-0.1, -0.05) is 6.07 Å². The van der Waals surface area contributed by atoms with Crippen LogP contribution >= 0.6 is 11.3 Å². The largest absolute Gasteiger partial charge is 0.351 e. The number of hydrogen-bond donors (Lipinski definition) is 2. The number of rotatable bonds is 7. The van der Waals surface area contributed by atoms with E-state index < -0.39 is 0 Å². The summed E-state index contributed by atoms with van der Waals surface area (Å²) >= 11 is 1.56. The zero-order valence-electron chi connectivity index (χ0n) is 17.2. The molecule has 158 valence electrons. The lowest BCUT2D eigenvalue weighted by molar-refractivity contribution is -0.116. The molecule has 0 aliphatic rings. The minimum Gasteiger partial charge on any atom is -0.351 e. The van der Waals surface area contributed by atoms with Crippen molar-refractivity contribution in [2.24, 2.45) is 0 Å². The van der Waals surface area contributed by atoms with Crippen molar-refractivity contribution >= 4 is 39.9 Å². The number of nitrogens with zero attached hydrogens (tertiary/aromatic N) is 4. The topological polar surface area (TPSA) is 102 Å². The summed E-state index contributed by atoms with van der Waals surface area (Å²) < 4.78 is 1.81. The summed E-state index contributed by atoms with van der Waals surface area (Å²) in [5.41, 5.74) is 2.51. The normalized spacial score (nSPS) is 11.1. The van der Waals surface area contributed by atoms with Crippen molar-refractivity contribution in [1.29, 1.82) is 0 Å². The predicted molar refractivity (Wildman–Crippen MR) is 121 cm³/mol. The molecule has 0 aromatic carbocycles. The van der Waals surface area contributed by atoms with Crippen molar-refractivity contribution < 1.29 is 9.59 Å². The second kappa shape index (κ2) is 9.05. The molecule has 0 aliphatic carbocycles. The van der Waals surface area contributed by atoms with Crippen LogP contribution < -0.4 is 10.6 Å². The Morgan fingerprint density at radius 1 is 1.19 bits per heavy atom. The number of nitrogens with one attached hydrogen (secondary N) is 2. The van der Waals surface area contributed by atoms with E-state index in [4.69, 9.17) is 4.98 Å². The lowest BCUT2D eigenvalue weighted by Crippen LogP contribution is -2.28. The van der Waals surface area contributed by atoms with Crippen molar-refractivity contribution in [2.45, 2.75) is 26.3 Å². The Balaban J connectivity index is 1.52. The van der Waals surface area contributed by atoms with Crippen LogP contribution in [0.3, 0.4) is 0 Å². The van der Waals surface area contributed by atoms with Gasteiger partial charge in [-0.05, 0) is 43.5 Å². The van der Waals surface area contributed by atoms with Gasteiger partial charge in [0.15, 0.2) is 5.65 Å². The van der Waals surface area contributed by atoms with Gasteiger partial charge in [0.1, 0.15) is 0 Å². The van der Waals surface area contributed by atoms with E-state index in [0.29, 0.717) is 22.3 Å². The second-order valence-corrected chi connectivity index (χ2v) is 8.20. The van der Waals surface area contributed by atoms with Gasteiger partial charge in [-0.3, -0.25) is 14.6 Å². The van der Waals surface area contributed by atoms with Crippen LogP contribution in [0.5, 0.6) is 0 Å². The Morgan fingerprint density at radius 3 is 2.77 bits per heavy atom. The van der Waals surface area contributed by atoms with Crippen LogP contribution in [0.1, 0.15) is 36.7 Å². The highest BCUT2D eigenvalue weighted by Gasteiger charge is 2.19. The summed E-state index contributed by atoms with van der Waals surface area (Å²) in [6.07, 6.45) is 5.03. The molecule has 0 saturated carbocycles. The van der Waals surface area contributed by atoms with E-state index in [-0.39, 0.29) is 30.8 Å². The molecule has 2 amide bonds. The fourth-order valence-corrected chi connectivity index (χ4v) is 3.87. The van der Waals surface area contributed by atoms with Gasteiger partial charge < -0.3 is 10.6 Å². The Morgan fingerprint density at radius 2 is 2.06 bits per heavy atom. The average Bonchev–Trinajstić information content (AvgIpc) is 3.43. The first kappa shape index (κ1) is 20.7. The molecule has 0 aliphatic heterocycles. The number of fused-ring (bicyclic) bond motifs is 1. The molecule has 4 aromatic heterocycles. The van der Waals surface area contributed by atoms with Crippen LogP contribution in [0.15, 0.2) is 54.3 Å². The van der Waals surface area contributed by atoms with Gasteiger partial charge in [0.2, 0.25) is 5.91 Å². The third-order valence-electron chi connectivity index (χ3n) is 4.66. The first-order valence-electron chi connectivity index (χ1n) is 9.93. The van der Waals surface area contributed by atoms with Crippen molar-refractivity contribution in [1.82, 2.24) is 25.1 Å². The van der Waals surface area contributed by atoms with E-state index in [1.54, 1.807) is 48.1 Å². The summed E-state index contributed by atoms with van der Waals surface area (Å²) in [5, 5.41) is 12.7. The number of thiophene rings is 1. The first-order chi connectivity index (χ1) is 15.0. The Bertz CT molecular complexity index is 1200. The van der Waals surface area contributed by atoms with Gasteiger partial charge in [-0.15, -0.1) is 11.3 Å². The standard InChI is InChI=1S/C22H22N6O2S/c1-14(2)28-21-17(13-25-28)16(11-18(27-21)19-6-4-10-31-19)22(30)24-9-7-20(29)26-15-5-3-8-23-12-15/h3-6,8,10-14H,7,9H2,1-2H3,(H,24,30)(H,26,29). The lowest BCUT2D eigenvalue weighted by Gasteiger charge is -2.10. The van der Waals surface area contributed by atoms with E-state index in [9.17, 15) is 9.59 Å². The number of hydrogen-bond acceptors (Lipinski definition) is 6. The van der Waals surface area contributed by atoms with Gasteiger partial charge >= 0.3 is 0 Å². The van der Waals surface area contributed by atoms with Crippen LogP contribution in [0.25, 0.3) is 21.6 Å². The quantitative estimate of drug-likeness (QED) is 0.459. The highest BCUT2D eigenvalue weighted by Crippen LogP contribution is 2.28. The van der Waals surface area contributed by atoms with Crippen molar-refractivity contribution in [3.8, 4) is 10.6 Å². The summed E-state index contributed by atoms with van der Waals surface area (Å²) in [6, 6.07) is 9.32. The van der Waals surface area contributed by atoms with E-state index in [0.717, 1.165) is 10.6 Å². The second-order valence-electron chi connectivity index (χ2n) is 7.25. The molecule has 9 heteroatoms. The smallest absolute Gasteiger partial charge is 0.252 e. The summed E-state index contributed by atoms with van der Waals surface area (Å²) in [6.45, 7) is 4.25. The van der Waals surface area contributed by atoms with Gasteiger partial charge in [-0.25, -0.2) is 9.67 Å². The predicted octanol–water partition coefficient (Wildman–Crippen LogP) is 3.89. The number of aromatic nitrogens is 4. The molecule has 31 heavy (non-hydrogen) atoms. The molecular formula is C22H22N6O2S. The third kappa shape index (κ3) is 4.61. The maximum Gasteiger partial charge on any atom is 0.252 e. The zero-order valence-corrected chi connectivity index (χ0v) is 18.0. The molecular weight excluding hydrogens is 412 g/mol. The highest BCUT2D eigenvalue weighted by molar-refractivity contribution is 7.13. The molecule has 0 unspecified atom stereocenters. The van der Waals surface area contributed by atoms with E-state index in [2.05, 4.69) is 20.7 Å². The summed E-state index contributed by atoms with van der Waals surface area (Å²) in [4.78, 5) is 34.8. The van der Waals surface area contributed by atoms with Crippen molar-refractivity contribution in [3.05, 3.63) is 59.9 Å². The van der Waals surface area contributed by atoms with Gasteiger partial charge in [0.05, 0.1) is 39.6 Å². The molecule has 8 nitrogen and oxygen atoms in total. The number of carbonyl (C=O) groups is 2. The first-order valence-corrected chi connectivity index (χ1v) is 10.8. The molecule has 0 spiro atoms. The Labute approximate surface area is 183 Å². The summed E-state index contributed by atoms with van der Waals surface area (Å²) in [5.74, 6) is -0.456. The Hall–Kier alpha value is -3.59. The summed E-state index contributed by atoms with van der Waals surface area (Å²) in [7, 11) is 0. The minimum atomic E-state index is -0.261. The van der Waals surface area contributed by atoms with E-state index in [1.165, 1.54) is 0 Å². The fraction of sp³-hybridized carbons (Fsp3) is 0.227. The Kier molecular flexibility index (Phi) is 6.03. The monoisotopic (exact) mass is 434 g/mol. The highest BCUT2D eigenvalue weighted by atomic mass is 32.1. The minimum absolute atomic E-state index is 0.107. The molecule has 4 aromatic rings. The number of carbonyl (C=O) groups excluding carboxylic acids is 2. The van der Waals surface area contributed by atoms with E-state index >= 15 is 0 Å². The van der Waals surface area contributed by atoms with Crippen LogP contribution in [0, 0.1) is 0 Å². The van der Waals surface area contributed by atoms with Gasteiger partial charge in [0.25, 0.3) is 5.91 Å². The number of anilines is 1. The maximum absolute atomic E-state index is 13.0. The van der Waals surface area contributed by atoms with Crippen LogP contribution in [-0.4, -0.2) is 38.1 Å². The van der Waals surface area contributed by atoms with E-state index in [1.807, 2.05) is 36.0 Å². The van der Waals surface area contributed by atoms with Crippen LogP contribution in [-0.2, 0) is 4.79 Å². The molecule has 0 bridgehead atoms. The van der Waals surface area contributed by atoms with Crippen LogP contribution in [0.2, 0.25) is 0 Å². The average molecular weight is 435 g/mol. The molecule has 0 fully saturated rings. The molecule has 0 radical (unpaired) electrons. The molecule has 4 heterocycles. The van der Waals surface area contributed by atoms with Crippen molar-refractivity contribution in [2.75, 3.05) is 11.9 Å².